The number of carbonyl (C=O) groups excluding carboxylic acids is 1. The Hall–Kier alpha value is -2.43. The average molecular weight is 268 g/mol. The second kappa shape index (κ2) is 5.28. The first-order valence-electron chi connectivity index (χ1n) is 6.61. The van der Waals surface area contributed by atoms with Gasteiger partial charge in [0.15, 0.2) is 0 Å². The van der Waals surface area contributed by atoms with Gasteiger partial charge in [-0.05, 0) is 29.8 Å². The molecule has 0 unspecified atom stereocenters. The standard InChI is InChI=1S/C15H16N4O/c1-16-15(20)13-3-2-6-18-14(13)19-9-12(10-19)11-4-7-17-8-5-11/h2-8,12H,9-10H2,1H3,(H,16,20). The molecule has 0 atom stereocenters. The van der Waals surface area contributed by atoms with Crippen molar-refractivity contribution in [3.63, 3.8) is 0 Å². The van der Waals surface area contributed by atoms with Crippen LogP contribution in [0.25, 0.3) is 0 Å². The summed E-state index contributed by atoms with van der Waals surface area (Å²) in [5, 5.41) is 2.65. The van der Waals surface area contributed by atoms with Gasteiger partial charge in [0.25, 0.3) is 5.91 Å². The number of nitrogens with zero attached hydrogens (tertiary/aromatic N) is 3. The number of carbonyl (C=O) groups is 1. The van der Waals surface area contributed by atoms with Gasteiger partial charge in [0.1, 0.15) is 5.82 Å². The minimum atomic E-state index is -0.0968. The first kappa shape index (κ1) is 12.6. The van der Waals surface area contributed by atoms with Crippen molar-refractivity contribution < 1.29 is 4.79 Å². The van der Waals surface area contributed by atoms with Crippen molar-refractivity contribution in [3.05, 3.63) is 54.0 Å². The van der Waals surface area contributed by atoms with Crippen molar-refractivity contribution >= 4 is 11.7 Å². The van der Waals surface area contributed by atoms with E-state index in [4.69, 9.17) is 0 Å². The van der Waals surface area contributed by atoms with E-state index in [2.05, 4.69) is 20.2 Å². The van der Waals surface area contributed by atoms with Crippen molar-refractivity contribution in [1.82, 2.24) is 15.3 Å². The molecule has 5 heteroatoms. The number of hydrogen-bond acceptors (Lipinski definition) is 4. The lowest BCUT2D eigenvalue weighted by atomic mass is 9.92. The number of amides is 1. The van der Waals surface area contributed by atoms with Crippen LogP contribution in [0, 0.1) is 0 Å². The Morgan fingerprint density at radius 3 is 2.70 bits per heavy atom. The lowest BCUT2D eigenvalue weighted by Crippen LogP contribution is -2.46. The Morgan fingerprint density at radius 2 is 2.00 bits per heavy atom. The largest absolute Gasteiger partial charge is 0.355 e. The zero-order valence-corrected chi connectivity index (χ0v) is 11.3. The van der Waals surface area contributed by atoms with Gasteiger partial charge in [0, 0.05) is 44.6 Å². The second-order valence-electron chi connectivity index (χ2n) is 4.84. The minimum absolute atomic E-state index is 0.0968. The Labute approximate surface area is 117 Å². The highest BCUT2D eigenvalue weighted by Gasteiger charge is 2.31. The predicted octanol–water partition coefficient (Wildman–Crippen LogP) is 1.44. The molecule has 3 heterocycles. The van der Waals surface area contributed by atoms with Crippen LogP contribution in [0.1, 0.15) is 21.8 Å². The van der Waals surface area contributed by atoms with Crippen molar-refractivity contribution in [3.8, 4) is 0 Å². The van der Waals surface area contributed by atoms with Gasteiger partial charge in [0.2, 0.25) is 0 Å². The molecular weight excluding hydrogens is 252 g/mol. The monoisotopic (exact) mass is 268 g/mol. The first-order chi connectivity index (χ1) is 9.79. The molecule has 0 aromatic carbocycles. The molecule has 1 aliphatic rings. The molecule has 1 N–H and O–H groups in total. The lowest BCUT2D eigenvalue weighted by Gasteiger charge is -2.41. The molecule has 0 bridgehead atoms. The van der Waals surface area contributed by atoms with E-state index in [0.717, 1.165) is 18.9 Å². The molecule has 1 aliphatic heterocycles. The molecule has 5 nitrogen and oxygen atoms in total. The summed E-state index contributed by atoms with van der Waals surface area (Å²) in [7, 11) is 1.63. The summed E-state index contributed by atoms with van der Waals surface area (Å²) in [6.07, 6.45) is 5.35. The van der Waals surface area contributed by atoms with Gasteiger partial charge in [-0.15, -0.1) is 0 Å². The molecule has 1 fully saturated rings. The maximum absolute atomic E-state index is 11.8. The maximum atomic E-state index is 11.8. The molecule has 102 valence electrons. The van der Waals surface area contributed by atoms with E-state index < -0.39 is 0 Å². The quantitative estimate of drug-likeness (QED) is 0.915. The van der Waals surface area contributed by atoms with E-state index in [1.807, 2.05) is 24.5 Å². The summed E-state index contributed by atoms with van der Waals surface area (Å²) in [5.74, 6) is 1.15. The summed E-state index contributed by atoms with van der Waals surface area (Å²) in [6.45, 7) is 1.76. The van der Waals surface area contributed by atoms with Gasteiger partial charge in [-0.1, -0.05) is 0 Å². The Kier molecular flexibility index (Phi) is 3.33. The van der Waals surface area contributed by atoms with E-state index >= 15 is 0 Å². The normalized spacial score (nSPS) is 14.8. The number of hydrogen-bond donors (Lipinski definition) is 1. The third-order valence-corrected chi connectivity index (χ3v) is 3.62. The molecule has 0 spiro atoms. The number of anilines is 1. The average Bonchev–Trinajstić information content (AvgIpc) is 2.47. The molecule has 1 amide bonds. The van der Waals surface area contributed by atoms with Crippen LogP contribution in [0.3, 0.4) is 0 Å². The number of pyridine rings is 2. The SMILES string of the molecule is CNC(=O)c1cccnc1N1CC(c2ccncc2)C1. The summed E-state index contributed by atoms with van der Waals surface area (Å²) in [5.41, 5.74) is 1.91. The highest BCUT2D eigenvalue weighted by molar-refractivity contribution is 5.98. The van der Waals surface area contributed by atoms with Gasteiger partial charge in [-0.3, -0.25) is 9.78 Å². The molecule has 2 aromatic rings. The van der Waals surface area contributed by atoms with Crippen molar-refractivity contribution in [2.45, 2.75) is 5.92 Å². The van der Waals surface area contributed by atoms with Crippen molar-refractivity contribution in [2.75, 3.05) is 25.0 Å². The van der Waals surface area contributed by atoms with E-state index in [9.17, 15) is 4.79 Å². The van der Waals surface area contributed by atoms with E-state index in [0.29, 0.717) is 11.5 Å². The van der Waals surface area contributed by atoms with Crippen LogP contribution >= 0.6 is 0 Å². The fourth-order valence-electron chi connectivity index (χ4n) is 2.46. The van der Waals surface area contributed by atoms with Gasteiger partial charge in [0.05, 0.1) is 5.56 Å². The van der Waals surface area contributed by atoms with Gasteiger partial charge < -0.3 is 10.2 Å². The van der Waals surface area contributed by atoms with Crippen molar-refractivity contribution in [2.24, 2.45) is 0 Å². The van der Waals surface area contributed by atoms with Crippen LogP contribution in [0.2, 0.25) is 0 Å². The molecule has 2 aromatic heterocycles. The smallest absolute Gasteiger partial charge is 0.254 e. The van der Waals surface area contributed by atoms with E-state index in [1.54, 1.807) is 25.4 Å². The molecule has 1 saturated heterocycles. The van der Waals surface area contributed by atoms with Crippen molar-refractivity contribution in [1.29, 1.82) is 0 Å². The van der Waals surface area contributed by atoms with Gasteiger partial charge in [-0.2, -0.15) is 0 Å². The zero-order chi connectivity index (χ0) is 13.9. The van der Waals surface area contributed by atoms with Crippen LogP contribution in [0.5, 0.6) is 0 Å². The first-order valence-corrected chi connectivity index (χ1v) is 6.61. The summed E-state index contributed by atoms with van der Waals surface area (Å²) >= 11 is 0. The van der Waals surface area contributed by atoms with E-state index in [1.165, 1.54) is 5.56 Å². The van der Waals surface area contributed by atoms with Crippen LogP contribution < -0.4 is 10.2 Å². The van der Waals surface area contributed by atoms with Gasteiger partial charge in [-0.25, -0.2) is 4.98 Å². The van der Waals surface area contributed by atoms with E-state index in [-0.39, 0.29) is 5.91 Å². The fraction of sp³-hybridized carbons (Fsp3) is 0.267. The number of nitrogens with one attached hydrogen (secondary N) is 1. The molecule has 0 saturated carbocycles. The molecule has 0 radical (unpaired) electrons. The summed E-state index contributed by atoms with van der Waals surface area (Å²) in [4.78, 5) is 22.4. The maximum Gasteiger partial charge on any atom is 0.254 e. The summed E-state index contributed by atoms with van der Waals surface area (Å²) in [6, 6.07) is 7.68. The fourth-order valence-corrected chi connectivity index (χ4v) is 2.46. The van der Waals surface area contributed by atoms with Crippen LogP contribution in [-0.2, 0) is 0 Å². The third kappa shape index (κ3) is 2.22. The third-order valence-electron chi connectivity index (χ3n) is 3.62. The lowest BCUT2D eigenvalue weighted by molar-refractivity contribution is 0.0963. The Balaban J connectivity index is 1.76. The van der Waals surface area contributed by atoms with Gasteiger partial charge >= 0.3 is 0 Å². The molecular formula is C15H16N4O. The number of aromatic nitrogens is 2. The molecule has 20 heavy (non-hydrogen) atoms. The zero-order valence-electron chi connectivity index (χ0n) is 11.3. The topological polar surface area (TPSA) is 58.1 Å². The van der Waals surface area contributed by atoms with Crippen LogP contribution in [0.15, 0.2) is 42.9 Å². The summed E-state index contributed by atoms with van der Waals surface area (Å²) < 4.78 is 0. The van der Waals surface area contributed by atoms with Crippen LogP contribution in [-0.4, -0.2) is 36.0 Å². The Morgan fingerprint density at radius 1 is 1.25 bits per heavy atom. The van der Waals surface area contributed by atoms with Crippen LogP contribution in [0.4, 0.5) is 5.82 Å². The minimum Gasteiger partial charge on any atom is -0.355 e. The number of rotatable bonds is 3. The molecule has 3 rings (SSSR count). The Bertz CT molecular complexity index is 608. The highest BCUT2D eigenvalue weighted by atomic mass is 16.1. The predicted molar refractivity (Wildman–Crippen MR) is 76.8 cm³/mol. The molecule has 0 aliphatic carbocycles. The highest BCUT2D eigenvalue weighted by Crippen LogP contribution is 2.31. The second-order valence-corrected chi connectivity index (χ2v) is 4.84.